The number of hydrogen-bond acceptors (Lipinski definition) is 4. The monoisotopic (exact) mass is 232 g/mol. The normalized spacial score (nSPS) is 9.13. The zero-order valence-electron chi connectivity index (χ0n) is 8.09. The quantitative estimate of drug-likeness (QED) is 0.477. The van der Waals surface area contributed by atoms with E-state index in [1.807, 2.05) is 0 Å². The van der Waals surface area contributed by atoms with E-state index >= 15 is 0 Å². The van der Waals surface area contributed by atoms with Crippen LogP contribution in [0, 0.1) is 10.1 Å². The van der Waals surface area contributed by atoms with Crippen molar-refractivity contribution in [2.45, 2.75) is 6.42 Å². The summed E-state index contributed by atoms with van der Waals surface area (Å²) in [7, 11) is 0. The third-order valence-corrected chi connectivity index (χ3v) is 1.65. The molecule has 0 fully saturated rings. The van der Waals surface area contributed by atoms with Crippen LogP contribution >= 0.6 is 12.4 Å². The average molecular weight is 233 g/mol. The van der Waals surface area contributed by atoms with Gasteiger partial charge in [-0.05, 0) is 19.0 Å². The standard InChI is InChI=1S/C9H12N2O3.ClH/c10-5-2-6-14-9-4-1-3-8(7-9)11(12)13;/h1,3-4,7H,2,5-6,10H2;1H. The van der Waals surface area contributed by atoms with Crippen LogP contribution in [-0.2, 0) is 0 Å². The van der Waals surface area contributed by atoms with Crippen LogP contribution in [0.4, 0.5) is 5.69 Å². The van der Waals surface area contributed by atoms with Crippen molar-refractivity contribution < 1.29 is 9.66 Å². The molecule has 0 aliphatic carbocycles. The number of halogens is 1. The summed E-state index contributed by atoms with van der Waals surface area (Å²) >= 11 is 0. The molecule has 0 saturated heterocycles. The van der Waals surface area contributed by atoms with Gasteiger partial charge in [0.15, 0.2) is 0 Å². The van der Waals surface area contributed by atoms with E-state index in [0.717, 1.165) is 6.42 Å². The van der Waals surface area contributed by atoms with E-state index in [9.17, 15) is 10.1 Å². The largest absolute Gasteiger partial charge is 0.493 e. The first kappa shape index (κ1) is 13.7. The molecule has 0 radical (unpaired) electrons. The van der Waals surface area contributed by atoms with Crippen molar-refractivity contribution in [2.24, 2.45) is 5.73 Å². The Labute approximate surface area is 93.8 Å². The number of nitro groups is 1. The predicted molar refractivity (Wildman–Crippen MR) is 59.5 cm³/mol. The predicted octanol–water partition coefficient (Wildman–Crippen LogP) is 1.74. The number of non-ortho nitro benzene ring substituents is 1. The van der Waals surface area contributed by atoms with Crippen LogP contribution in [0.15, 0.2) is 24.3 Å². The fraction of sp³-hybridized carbons (Fsp3) is 0.333. The zero-order valence-corrected chi connectivity index (χ0v) is 8.90. The van der Waals surface area contributed by atoms with Crippen molar-refractivity contribution in [2.75, 3.05) is 13.2 Å². The molecule has 84 valence electrons. The van der Waals surface area contributed by atoms with Crippen LogP contribution in [0.3, 0.4) is 0 Å². The van der Waals surface area contributed by atoms with Crippen LogP contribution in [-0.4, -0.2) is 18.1 Å². The number of nitrogens with zero attached hydrogens (tertiary/aromatic N) is 1. The molecule has 0 heterocycles. The number of nitrogens with two attached hydrogens (primary N) is 1. The first-order chi connectivity index (χ1) is 6.74. The van der Waals surface area contributed by atoms with Gasteiger partial charge in [0.1, 0.15) is 5.75 Å². The molecular formula is C9H13ClN2O3. The van der Waals surface area contributed by atoms with Gasteiger partial charge in [0.05, 0.1) is 17.6 Å². The van der Waals surface area contributed by atoms with Gasteiger partial charge in [-0.3, -0.25) is 10.1 Å². The van der Waals surface area contributed by atoms with Crippen LogP contribution in [0.1, 0.15) is 6.42 Å². The van der Waals surface area contributed by atoms with Crippen molar-refractivity contribution in [3.63, 3.8) is 0 Å². The third-order valence-electron chi connectivity index (χ3n) is 1.65. The van der Waals surface area contributed by atoms with Crippen molar-refractivity contribution >= 4 is 18.1 Å². The smallest absolute Gasteiger partial charge is 0.273 e. The molecule has 1 aromatic carbocycles. The topological polar surface area (TPSA) is 78.4 Å². The van der Waals surface area contributed by atoms with Crippen LogP contribution in [0.5, 0.6) is 5.75 Å². The van der Waals surface area contributed by atoms with Crippen LogP contribution in [0.25, 0.3) is 0 Å². The highest BCUT2D eigenvalue weighted by molar-refractivity contribution is 5.85. The van der Waals surface area contributed by atoms with Gasteiger partial charge < -0.3 is 10.5 Å². The van der Waals surface area contributed by atoms with Gasteiger partial charge in [0.25, 0.3) is 5.69 Å². The lowest BCUT2D eigenvalue weighted by molar-refractivity contribution is -0.384. The van der Waals surface area contributed by atoms with Crippen LogP contribution < -0.4 is 10.5 Å². The number of nitro benzene ring substituents is 1. The Morgan fingerprint density at radius 2 is 2.20 bits per heavy atom. The molecule has 0 aliphatic rings. The lowest BCUT2D eigenvalue weighted by atomic mass is 10.3. The molecule has 1 aromatic rings. The molecular weight excluding hydrogens is 220 g/mol. The lowest BCUT2D eigenvalue weighted by Gasteiger charge is -2.03. The second-order valence-electron chi connectivity index (χ2n) is 2.75. The number of benzene rings is 1. The second kappa shape index (κ2) is 7.03. The molecule has 15 heavy (non-hydrogen) atoms. The summed E-state index contributed by atoms with van der Waals surface area (Å²) in [5.74, 6) is 0.507. The first-order valence-electron chi connectivity index (χ1n) is 4.31. The van der Waals surface area contributed by atoms with E-state index < -0.39 is 4.92 Å². The van der Waals surface area contributed by atoms with Gasteiger partial charge in [0, 0.05) is 6.07 Å². The Hall–Kier alpha value is -1.33. The van der Waals surface area contributed by atoms with E-state index in [2.05, 4.69) is 0 Å². The van der Waals surface area contributed by atoms with Crippen molar-refractivity contribution in [3.8, 4) is 5.75 Å². The summed E-state index contributed by atoms with van der Waals surface area (Å²) < 4.78 is 5.25. The minimum absolute atomic E-state index is 0. The fourth-order valence-electron chi connectivity index (χ4n) is 0.960. The van der Waals surface area contributed by atoms with Gasteiger partial charge in [0.2, 0.25) is 0 Å². The van der Waals surface area contributed by atoms with Gasteiger partial charge in [-0.25, -0.2) is 0 Å². The Bertz CT molecular complexity index is 320. The molecule has 0 saturated carbocycles. The summed E-state index contributed by atoms with van der Waals surface area (Å²) in [4.78, 5) is 9.96. The van der Waals surface area contributed by atoms with E-state index in [-0.39, 0.29) is 18.1 Å². The molecule has 2 N–H and O–H groups in total. The maximum absolute atomic E-state index is 10.4. The van der Waals surface area contributed by atoms with E-state index in [4.69, 9.17) is 10.5 Å². The van der Waals surface area contributed by atoms with Crippen LogP contribution in [0.2, 0.25) is 0 Å². The molecule has 0 amide bonds. The minimum Gasteiger partial charge on any atom is -0.493 e. The fourth-order valence-corrected chi connectivity index (χ4v) is 0.960. The zero-order chi connectivity index (χ0) is 10.4. The maximum atomic E-state index is 10.4. The van der Waals surface area contributed by atoms with Gasteiger partial charge in [-0.1, -0.05) is 6.07 Å². The highest BCUT2D eigenvalue weighted by atomic mass is 35.5. The molecule has 0 bridgehead atoms. The van der Waals surface area contributed by atoms with Crippen molar-refractivity contribution in [3.05, 3.63) is 34.4 Å². The van der Waals surface area contributed by atoms with Crippen molar-refractivity contribution in [1.82, 2.24) is 0 Å². The second-order valence-corrected chi connectivity index (χ2v) is 2.75. The van der Waals surface area contributed by atoms with Gasteiger partial charge in [-0.2, -0.15) is 0 Å². The third kappa shape index (κ3) is 4.62. The van der Waals surface area contributed by atoms with Gasteiger partial charge in [-0.15, -0.1) is 12.4 Å². The van der Waals surface area contributed by atoms with E-state index in [1.54, 1.807) is 12.1 Å². The SMILES string of the molecule is Cl.NCCCOc1cccc([N+](=O)[O-])c1. The minimum atomic E-state index is -0.449. The summed E-state index contributed by atoms with van der Waals surface area (Å²) in [6.07, 6.45) is 0.739. The average Bonchev–Trinajstić information content (AvgIpc) is 2.19. The highest BCUT2D eigenvalue weighted by Gasteiger charge is 2.05. The van der Waals surface area contributed by atoms with Crippen molar-refractivity contribution in [1.29, 1.82) is 0 Å². The maximum Gasteiger partial charge on any atom is 0.273 e. The van der Waals surface area contributed by atoms with E-state index in [1.165, 1.54) is 12.1 Å². The highest BCUT2D eigenvalue weighted by Crippen LogP contribution is 2.18. The Kier molecular flexibility index (Phi) is 6.40. The van der Waals surface area contributed by atoms with E-state index in [0.29, 0.717) is 18.9 Å². The Morgan fingerprint density at radius 1 is 1.47 bits per heavy atom. The molecule has 0 atom stereocenters. The Morgan fingerprint density at radius 3 is 2.80 bits per heavy atom. The molecule has 6 heteroatoms. The summed E-state index contributed by atoms with van der Waals surface area (Å²) in [6, 6.07) is 6.10. The summed E-state index contributed by atoms with van der Waals surface area (Å²) in [5.41, 5.74) is 5.32. The molecule has 1 rings (SSSR count). The molecule has 0 spiro atoms. The molecule has 0 aromatic heterocycles. The number of rotatable bonds is 5. The number of ether oxygens (including phenoxy) is 1. The molecule has 5 nitrogen and oxygen atoms in total. The number of hydrogen-bond donors (Lipinski definition) is 1. The Balaban J connectivity index is 0.00000196. The summed E-state index contributed by atoms with van der Waals surface area (Å²) in [5, 5.41) is 10.4. The first-order valence-corrected chi connectivity index (χ1v) is 4.31. The molecule has 0 aliphatic heterocycles. The lowest BCUT2D eigenvalue weighted by Crippen LogP contribution is -2.06. The molecule has 0 unspecified atom stereocenters. The van der Waals surface area contributed by atoms with Gasteiger partial charge >= 0.3 is 0 Å². The summed E-state index contributed by atoms with van der Waals surface area (Å²) in [6.45, 7) is 1.03.